The molecule has 1 rings (SSSR count). The minimum Gasteiger partial charge on any atom is -0.309 e. The molecule has 3 nitrogen and oxygen atoms in total. The van der Waals surface area contributed by atoms with Crippen LogP contribution in [-0.2, 0) is 9.84 Å². The van der Waals surface area contributed by atoms with Gasteiger partial charge in [-0.3, -0.25) is 0 Å². The molecule has 0 amide bonds. The van der Waals surface area contributed by atoms with Crippen LogP contribution in [0.15, 0.2) is 0 Å². The van der Waals surface area contributed by atoms with Crippen LogP contribution in [0.1, 0.15) is 46.5 Å². The van der Waals surface area contributed by atoms with Gasteiger partial charge in [0.1, 0.15) is 9.84 Å². The van der Waals surface area contributed by atoms with E-state index in [1.54, 1.807) is 0 Å². The fourth-order valence-electron chi connectivity index (χ4n) is 2.40. The van der Waals surface area contributed by atoms with Crippen molar-refractivity contribution >= 4 is 9.84 Å². The summed E-state index contributed by atoms with van der Waals surface area (Å²) in [7, 11) is -2.84. The lowest BCUT2D eigenvalue weighted by atomic mass is 9.99. The molecule has 4 heteroatoms. The van der Waals surface area contributed by atoms with Crippen molar-refractivity contribution in [3.63, 3.8) is 0 Å². The van der Waals surface area contributed by atoms with Gasteiger partial charge in [0.15, 0.2) is 0 Å². The number of hydrogen-bond donors (Lipinski definition) is 1. The summed E-state index contributed by atoms with van der Waals surface area (Å²) in [4.78, 5) is 0. The van der Waals surface area contributed by atoms with E-state index in [2.05, 4.69) is 26.1 Å². The third-order valence-corrected chi connectivity index (χ3v) is 4.33. The summed E-state index contributed by atoms with van der Waals surface area (Å²) in [5, 5.41) is 3.59. The van der Waals surface area contributed by atoms with Crippen molar-refractivity contribution in [1.29, 1.82) is 0 Å². The Hall–Kier alpha value is -0.0900. The van der Waals surface area contributed by atoms with Gasteiger partial charge in [0.25, 0.3) is 0 Å². The molecule has 1 aliphatic carbocycles. The van der Waals surface area contributed by atoms with Gasteiger partial charge in [-0.15, -0.1) is 0 Å². The van der Waals surface area contributed by atoms with Gasteiger partial charge in [-0.25, -0.2) is 8.42 Å². The van der Waals surface area contributed by atoms with Crippen molar-refractivity contribution in [2.45, 2.75) is 58.0 Å². The Labute approximate surface area is 99.9 Å². The summed E-state index contributed by atoms with van der Waals surface area (Å²) in [5.74, 6) is 1.08. The van der Waals surface area contributed by atoms with E-state index in [0.717, 1.165) is 5.92 Å². The molecule has 0 aromatic rings. The molecule has 1 aliphatic rings. The Bertz CT molecular complexity index is 322. The van der Waals surface area contributed by atoms with Gasteiger partial charge in [0.05, 0.1) is 5.75 Å². The molecule has 0 aromatic carbocycles. The maximum atomic E-state index is 11.1. The van der Waals surface area contributed by atoms with E-state index in [1.165, 1.54) is 25.5 Å². The first kappa shape index (κ1) is 14.0. The second-order valence-corrected chi connectivity index (χ2v) is 8.28. The Morgan fingerprint density at radius 3 is 2.38 bits per heavy atom. The Morgan fingerprint density at radius 2 is 1.94 bits per heavy atom. The molecule has 96 valence electrons. The smallest absolute Gasteiger partial charge is 0.147 e. The molecule has 1 fully saturated rings. The highest BCUT2D eigenvalue weighted by Crippen LogP contribution is 2.26. The monoisotopic (exact) mass is 247 g/mol. The standard InChI is InChI=1S/C12H25NO2S/c1-10-5-6-11(9-10)13-12(2,3)7-8-16(4,14)15/h10-11,13H,5-9H2,1-4H3. The first-order chi connectivity index (χ1) is 7.18. The van der Waals surface area contributed by atoms with Gasteiger partial charge in [0, 0.05) is 17.8 Å². The lowest BCUT2D eigenvalue weighted by Crippen LogP contribution is -2.46. The molecule has 0 radical (unpaired) electrons. The van der Waals surface area contributed by atoms with Gasteiger partial charge in [0.2, 0.25) is 0 Å². The summed E-state index contributed by atoms with van der Waals surface area (Å²) < 4.78 is 22.3. The number of hydrogen-bond acceptors (Lipinski definition) is 3. The Balaban J connectivity index is 2.39. The lowest BCUT2D eigenvalue weighted by Gasteiger charge is -2.30. The van der Waals surface area contributed by atoms with E-state index < -0.39 is 9.84 Å². The minimum atomic E-state index is -2.84. The van der Waals surface area contributed by atoms with E-state index in [1.807, 2.05) is 0 Å². The molecule has 2 unspecified atom stereocenters. The number of rotatable bonds is 5. The molecule has 2 atom stereocenters. The zero-order valence-electron chi connectivity index (χ0n) is 10.9. The normalized spacial score (nSPS) is 27.2. The van der Waals surface area contributed by atoms with Crippen molar-refractivity contribution in [3.05, 3.63) is 0 Å². The fourth-order valence-corrected chi connectivity index (χ4v) is 3.28. The maximum absolute atomic E-state index is 11.1. The largest absolute Gasteiger partial charge is 0.309 e. The average Bonchev–Trinajstić information content (AvgIpc) is 2.46. The summed E-state index contributed by atoms with van der Waals surface area (Å²) in [6, 6.07) is 0.574. The van der Waals surface area contributed by atoms with Crippen molar-refractivity contribution in [2.24, 2.45) is 5.92 Å². The Kier molecular flexibility index (Phi) is 4.41. The van der Waals surface area contributed by atoms with Gasteiger partial charge in [-0.05, 0) is 45.4 Å². The molecular weight excluding hydrogens is 222 g/mol. The second kappa shape index (κ2) is 5.05. The molecule has 0 heterocycles. The Morgan fingerprint density at radius 1 is 1.31 bits per heavy atom. The van der Waals surface area contributed by atoms with Crippen LogP contribution in [0.2, 0.25) is 0 Å². The molecule has 0 saturated heterocycles. The SMILES string of the molecule is CC1CCC(NC(C)(C)CCS(C)(=O)=O)C1. The topological polar surface area (TPSA) is 46.2 Å². The molecule has 0 aromatic heterocycles. The molecule has 0 bridgehead atoms. The molecule has 1 N–H and O–H groups in total. The first-order valence-electron chi connectivity index (χ1n) is 6.13. The summed E-state index contributed by atoms with van der Waals surface area (Å²) in [5.41, 5.74) is -0.0716. The van der Waals surface area contributed by atoms with Crippen LogP contribution < -0.4 is 5.32 Å². The van der Waals surface area contributed by atoms with Gasteiger partial charge in [-0.1, -0.05) is 6.92 Å². The quantitative estimate of drug-likeness (QED) is 0.808. The zero-order valence-corrected chi connectivity index (χ0v) is 11.7. The van der Waals surface area contributed by atoms with E-state index in [9.17, 15) is 8.42 Å². The first-order valence-corrected chi connectivity index (χ1v) is 8.19. The van der Waals surface area contributed by atoms with E-state index >= 15 is 0 Å². The molecule has 0 aliphatic heterocycles. The van der Waals surface area contributed by atoms with E-state index in [-0.39, 0.29) is 11.3 Å². The third-order valence-electron chi connectivity index (χ3n) is 3.39. The predicted molar refractivity (Wildman–Crippen MR) is 68.3 cm³/mol. The average molecular weight is 247 g/mol. The highest BCUT2D eigenvalue weighted by Gasteiger charge is 2.27. The number of nitrogens with one attached hydrogen (secondary N) is 1. The van der Waals surface area contributed by atoms with Gasteiger partial charge >= 0.3 is 0 Å². The van der Waals surface area contributed by atoms with Gasteiger partial charge < -0.3 is 5.32 Å². The third kappa shape index (κ3) is 5.30. The highest BCUT2D eigenvalue weighted by atomic mass is 32.2. The van der Waals surface area contributed by atoms with Crippen LogP contribution in [0, 0.1) is 5.92 Å². The summed E-state index contributed by atoms with van der Waals surface area (Å²) in [6.07, 6.45) is 5.74. The molecular formula is C12H25NO2S. The van der Waals surface area contributed by atoms with Crippen molar-refractivity contribution in [1.82, 2.24) is 5.32 Å². The fraction of sp³-hybridized carbons (Fsp3) is 1.00. The van der Waals surface area contributed by atoms with Crippen LogP contribution in [0.3, 0.4) is 0 Å². The highest BCUT2D eigenvalue weighted by molar-refractivity contribution is 7.90. The second-order valence-electron chi connectivity index (χ2n) is 6.02. The zero-order chi connectivity index (χ0) is 12.4. The number of sulfone groups is 1. The summed E-state index contributed by atoms with van der Waals surface area (Å²) >= 11 is 0. The van der Waals surface area contributed by atoms with Crippen molar-refractivity contribution in [3.8, 4) is 0 Å². The predicted octanol–water partition coefficient (Wildman–Crippen LogP) is 1.98. The maximum Gasteiger partial charge on any atom is 0.147 e. The summed E-state index contributed by atoms with van der Waals surface area (Å²) in [6.45, 7) is 6.48. The van der Waals surface area contributed by atoms with Crippen molar-refractivity contribution in [2.75, 3.05) is 12.0 Å². The molecule has 1 saturated carbocycles. The minimum absolute atomic E-state index is 0.0716. The van der Waals surface area contributed by atoms with Gasteiger partial charge in [-0.2, -0.15) is 0 Å². The molecule has 16 heavy (non-hydrogen) atoms. The van der Waals surface area contributed by atoms with Crippen LogP contribution in [0.4, 0.5) is 0 Å². The van der Waals surface area contributed by atoms with Crippen LogP contribution >= 0.6 is 0 Å². The van der Waals surface area contributed by atoms with Crippen LogP contribution in [-0.4, -0.2) is 32.0 Å². The van der Waals surface area contributed by atoms with Crippen molar-refractivity contribution < 1.29 is 8.42 Å². The van der Waals surface area contributed by atoms with E-state index in [4.69, 9.17) is 0 Å². The van der Waals surface area contributed by atoms with Crippen LogP contribution in [0.25, 0.3) is 0 Å². The molecule has 0 spiro atoms. The lowest BCUT2D eigenvalue weighted by molar-refractivity contribution is 0.322. The van der Waals surface area contributed by atoms with Crippen LogP contribution in [0.5, 0.6) is 0 Å². The van der Waals surface area contributed by atoms with E-state index in [0.29, 0.717) is 12.5 Å².